The standard InChI is InChI=1S/C14H22N2O/c1-3-16(13-6-7-13)10-11-4-5-12(9-15)14(8-11)17-2/h4-5,8,13H,3,6-7,9-10,15H2,1-2H3. The van der Waals surface area contributed by atoms with E-state index in [-0.39, 0.29) is 0 Å². The Bertz CT molecular complexity index is 374. The monoisotopic (exact) mass is 234 g/mol. The predicted octanol–water partition coefficient (Wildman–Crippen LogP) is 2.14. The molecular formula is C14H22N2O. The molecule has 94 valence electrons. The number of benzene rings is 1. The molecule has 0 heterocycles. The third kappa shape index (κ3) is 2.99. The predicted molar refractivity (Wildman–Crippen MR) is 70.0 cm³/mol. The van der Waals surface area contributed by atoms with E-state index in [1.807, 2.05) is 0 Å². The van der Waals surface area contributed by atoms with Gasteiger partial charge in [-0.25, -0.2) is 0 Å². The topological polar surface area (TPSA) is 38.5 Å². The summed E-state index contributed by atoms with van der Waals surface area (Å²) < 4.78 is 5.37. The van der Waals surface area contributed by atoms with Crippen molar-refractivity contribution in [3.8, 4) is 5.75 Å². The molecule has 2 rings (SSSR count). The van der Waals surface area contributed by atoms with Crippen LogP contribution in [0.15, 0.2) is 18.2 Å². The smallest absolute Gasteiger partial charge is 0.123 e. The van der Waals surface area contributed by atoms with Gasteiger partial charge in [-0.2, -0.15) is 0 Å². The maximum atomic E-state index is 5.67. The summed E-state index contributed by atoms with van der Waals surface area (Å²) in [5.74, 6) is 0.914. The summed E-state index contributed by atoms with van der Waals surface area (Å²) in [6.07, 6.45) is 2.71. The zero-order chi connectivity index (χ0) is 12.3. The van der Waals surface area contributed by atoms with E-state index >= 15 is 0 Å². The summed E-state index contributed by atoms with van der Waals surface area (Å²) in [6.45, 7) is 4.89. The van der Waals surface area contributed by atoms with E-state index in [1.165, 1.54) is 18.4 Å². The first-order valence-corrected chi connectivity index (χ1v) is 6.38. The second kappa shape index (κ2) is 5.52. The van der Waals surface area contributed by atoms with Crippen molar-refractivity contribution in [3.05, 3.63) is 29.3 Å². The summed E-state index contributed by atoms with van der Waals surface area (Å²) in [6, 6.07) is 7.16. The molecule has 0 aromatic heterocycles. The molecule has 1 aliphatic rings. The minimum atomic E-state index is 0.531. The van der Waals surface area contributed by atoms with Crippen molar-refractivity contribution in [2.75, 3.05) is 13.7 Å². The fourth-order valence-corrected chi connectivity index (χ4v) is 2.23. The van der Waals surface area contributed by atoms with E-state index < -0.39 is 0 Å². The molecule has 3 heteroatoms. The molecule has 0 bridgehead atoms. The van der Waals surface area contributed by atoms with Crippen LogP contribution >= 0.6 is 0 Å². The van der Waals surface area contributed by atoms with E-state index in [0.29, 0.717) is 6.54 Å². The van der Waals surface area contributed by atoms with Crippen molar-refractivity contribution in [1.82, 2.24) is 4.90 Å². The SMILES string of the molecule is CCN(Cc1ccc(CN)c(OC)c1)C1CC1. The van der Waals surface area contributed by atoms with E-state index in [4.69, 9.17) is 10.5 Å². The van der Waals surface area contributed by atoms with Crippen molar-refractivity contribution < 1.29 is 4.74 Å². The molecule has 1 aromatic rings. The molecule has 0 radical (unpaired) electrons. The highest BCUT2D eigenvalue weighted by atomic mass is 16.5. The van der Waals surface area contributed by atoms with Crippen LogP contribution in [0, 0.1) is 0 Å². The van der Waals surface area contributed by atoms with Gasteiger partial charge in [-0.3, -0.25) is 4.90 Å². The molecule has 17 heavy (non-hydrogen) atoms. The van der Waals surface area contributed by atoms with Gasteiger partial charge in [0, 0.05) is 24.7 Å². The zero-order valence-corrected chi connectivity index (χ0v) is 10.8. The van der Waals surface area contributed by atoms with Crippen LogP contribution in [0.2, 0.25) is 0 Å². The summed E-state index contributed by atoms with van der Waals surface area (Å²) in [5, 5.41) is 0. The van der Waals surface area contributed by atoms with Crippen LogP contribution in [0.4, 0.5) is 0 Å². The number of hydrogen-bond acceptors (Lipinski definition) is 3. The van der Waals surface area contributed by atoms with Gasteiger partial charge in [0.1, 0.15) is 5.75 Å². The minimum Gasteiger partial charge on any atom is -0.496 e. The van der Waals surface area contributed by atoms with Gasteiger partial charge in [0.15, 0.2) is 0 Å². The van der Waals surface area contributed by atoms with E-state index in [0.717, 1.165) is 30.4 Å². The average molecular weight is 234 g/mol. The lowest BCUT2D eigenvalue weighted by molar-refractivity contribution is 0.269. The molecule has 0 spiro atoms. The molecule has 2 N–H and O–H groups in total. The molecule has 0 unspecified atom stereocenters. The third-order valence-electron chi connectivity index (χ3n) is 3.43. The van der Waals surface area contributed by atoms with Gasteiger partial charge in [-0.15, -0.1) is 0 Å². The number of rotatable bonds is 6. The summed E-state index contributed by atoms with van der Waals surface area (Å²) >= 11 is 0. The maximum Gasteiger partial charge on any atom is 0.123 e. The first-order valence-electron chi connectivity index (χ1n) is 6.38. The molecule has 1 saturated carbocycles. The van der Waals surface area contributed by atoms with Gasteiger partial charge in [-0.1, -0.05) is 19.1 Å². The normalized spacial score (nSPS) is 15.3. The molecule has 0 atom stereocenters. The molecule has 0 saturated heterocycles. The van der Waals surface area contributed by atoms with Crippen LogP contribution in [0.3, 0.4) is 0 Å². The first kappa shape index (κ1) is 12.4. The zero-order valence-electron chi connectivity index (χ0n) is 10.8. The lowest BCUT2D eigenvalue weighted by Crippen LogP contribution is -2.25. The van der Waals surface area contributed by atoms with Gasteiger partial charge < -0.3 is 10.5 Å². The summed E-state index contributed by atoms with van der Waals surface area (Å²) in [5.41, 5.74) is 8.06. The van der Waals surface area contributed by atoms with E-state index in [1.54, 1.807) is 7.11 Å². The molecule has 1 aliphatic carbocycles. The summed E-state index contributed by atoms with van der Waals surface area (Å²) in [7, 11) is 1.71. The first-order chi connectivity index (χ1) is 8.28. The maximum absolute atomic E-state index is 5.67. The number of hydrogen-bond donors (Lipinski definition) is 1. The highest BCUT2D eigenvalue weighted by Gasteiger charge is 2.27. The highest BCUT2D eigenvalue weighted by Crippen LogP contribution is 2.29. The van der Waals surface area contributed by atoms with Crippen molar-refractivity contribution >= 4 is 0 Å². The number of nitrogens with zero attached hydrogens (tertiary/aromatic N) is 1. The van der Waals surface area contributed by atoms with Gasteiger partial charge in [0.05, 0.1) is 7.11 Å². The number of ether oxygens (including phenoxy) is 1. The van der Waals surface area contributed by atoms with Gasteiger partial charge >= 0.3 is 0 Å². The van der Waals surface area contributed by atoms with Crippen molar-refractivity contribution in [1.29, 1.82) is 0 Å². The second-order valence-electron chi connectivity index (χ2n) is 4.64. The Balaban J connectivity index is 2.09. The van der Waals surface area contributed by atoms with Gasteiger partial charge in [-0.05, 0) is 31.0 Å². The fourth-order valence-electron chi connectivity index (χ4n) is 2.23. The third-order valence-corrected chi connectivity index (χ3v) is 3.43. The Morgan fingerprint density at radius 3 is 2.71 bits per heavy atom. The van der Waals surface area contributed by atoms with Crippen LogP contribution < -0.4 is 10.5 Å². The van der Waals surface area contributed by atoms with Crippen molar-refractivity contribution in [2.45, 2.75) is 38.9 Å². The van der Waals surface area contributed by atoms with Crippen molar-refractivity contribution in [2.24, 2.45) is 5.73 Å². The molecule has 3 nitrogen and oxygen atoms in total. The molecule has 1 aromatic carbocycles. The molecule has 0 aliphatic heterocycles. The van der Waals surface area contributed by atoms with Crippen molar-refractivity contribution in [3.63, 3.8) is 0 Å². The Morgan fingerprint density at radius 1 is 1.41 bits per heavy atom. The Kier molecular flexibility index (Phi) is 4.02. The van der Waals surface area contributed by atoms with Gasteiger partial charge in [0.2, 0.25) is 0 Å². The Hall–Kier alpha value is -1.06. The van der Waals surface area contributed by atoms with E-state index in [2.05, 4.69) is 30.0 Å². The number of methoxy groups -OCH3 is 1. The van der Waals surface area contributed by atoms with Crippen LogP contribution in [0.5, 0.6) is 5.75 Å². The fraction of sp³-hybridized carbons (Fsp3) is 0.571. The number of nitrogens with two attached hydrogens (primary N) is 1. The Labute approximate surface area is 104 Å². The molecule has 1 fully saturated rings. The van der Waals surface area contributed by atoms with Gasteiger partial charge in [0.25, 0.3) is 0 Å². The molecular weight excluding hydrogens is 212 g/mol. The van der Waals surface area contributed by atoms with E-state index in [9.17, 15) is 0 Å². The van der Waals surface area contributed by atoms with Crippen LogP contribution in [-0.2, 0) is 13.1 Å². The van der Waals surface area contributed by atoms with Crippen LogP contribution in [0.25, 0.3) is 0 Å². The van der Waals surface area contributed by atoms with Crippen LogP contribution in [0.1, 0.15) is 30.9 Å². The Morgan fingerprint density at radius 2 is 2.18 bits per heavy atom. The highest BCUT2D eigenvalue weighted by molar-refractivity contribution is 5.37. The summed E-state index contributed by atoms with van der Waals surface area (Å²) in [4.78, 5) is 2.52. The minimum absolute atomic E-state index is 0.531. The second-order valence-corrected chi connectivity index (χ2v) is 4.64. The average Bonchev–Trinajstić information content (AvgIpc) is 3.19. The largest absolute Gasteiger partial charge is 0.496 e. The quantitative estimate of drug-likeness (QED) is 0.819. The molecule has 0 amide bonds. The lowest BCUT2D eigenvalue weighted by atomic mass is 10.1. The van der Waals surface area contributed by atoms with Crippen LogP contribution in [-0.4, -0.2) is 24.6 Å². The lowest BCUT2D eigenvalue weighted by Gasteiger charge is -2.20.